The van der Waals surface area contributed by atoms with Gasteiger partial charge in [-0.05, 0) is 104 Å². The fourth-order valence-corrected chi connectivity index (χ4v) is 4.08. The van der Waals surface area contributed by atoms with Crippen LogP contribution in [0.25, 0.3) is 34.2 Å². The van der Waals surface area contributed by atoms with Crippen molar-refractivity contribution < 1.29 is 19.5 Å². The van der Waals surface area contributed by atoms with Gasteiger partial charge in [-0.15, -0.1) is 0 Å². The third-order valence-corrected chi connectivity index (χ3v) is 6.26. The molecule has 6 aromatic heterocycles. The second-order valence-electron chi connectivity index (χ2n) is 9.58. The van der Waals surface area contributed by atoms with E-state index in [1.807, 2.05) is 91.3 Å². The maximum atomic E-state index is 4.42. The number of aromatic nitrogens is 6. The number of nitrogens with zero attached hydrogens (tertiary/aromatic N) is 6. The smallest absolute Gasteiger partial charge is 0.0888 e. The van der Waals surface area contributed by atoms with E-state index in [1.54, 1.807) is 24.8 Å². The zero-order valence-electron chi connectivity index (χ0n) is 24.6. The molecule has 0 aliphatic heterocycles. The van der Waals surface area contributed by atoms with Gasteiger partial charge in [0, 0.05) is 56.7 Å². The number of unbranched alkanes of at least 4 members (excludes halogenated alkanes) is 2. The average molecular weight is 654 g/mol. The minimum atomic E-state index is 0. The molecular weight excluding hydrogens is 618 g/mol. The van der Waals surface area contributed by atoms with Crippen LogP contribution in [-0.2, 0) is 25.9 Å². The van der Waals surface area contributed by atoms with Gasteiger partial charge in [-0.1, -0.05) is 44.0 Å². The molecule has 0 aliphatic carbocycles. The Morgan fingerprint density at radius 2 is 0.860 bits per heavy atom. The zero-order chi connectivity index (χ0) is 29.2. The first kappa shape index (κ1) is 33.0. The summed E-state index contributed by atoms with van der Waals surface area (Å²) in [6.45, 7) is 4.31. The molecule has 0 spiro atoms. The summed E-state index contributed by atoms with van der Waals surface area (Å²) in [7, 11) is 0. The number of rotatable bonds is 7. The zero-order valence-corrected chi connectivity index (χ0v) is 26.3. The van der Waals surface area contributed by atoms with E-state index in [4.69, 9.17) is 0 Å². The van der Waals surface area contributed by atoms with E-state index in [1.165, 1.54) is 30.4 Å². The average Bonchev–Trinajstić information content (AvgIpc) is 3.07. The third kappa shape index (κ3) is 11.4. The van der Waals surface area contributed by atoms with Gasteiger partial charge in [-0.25, -0.2) is 0 Å². The second-order valence-corrected chi connectivity index (χ2v) is 9.58. The van der Waals surface area contributed by atoms with E-state index >= 15 is 0 Å². The quantitative estimate of drug-likeness (QED) is 0.127. The van der Waals surface area contributed by atoms with Crippen LogP contribution in [-0.4, -0.2) is 29.9 Å². The summed E-state index contributed by atoms with van der Waals surface area (Å²) >= 11 is 0. The van der Waals surface area contributed by atoms with Crippen LogP contribution in [0.15, 0.2) is 134 Å². The molecule has 0 fully saturated rings. The van der Waals surface area contributed by atoms with Crippen molar-refractivity contribution in [1.82, 2.24) is 29.9 Å². The first-order valence-electron chi connectivity index (χ1n) is 14.3. The van der Waals surface area contributed by atoms with Gasteiger partial charge in [0.1, 0.15) is 0 Å². The fraction of sp³-hybridized carbons (Fsp3) is 0.167. The van der Waals surface area contributed by atoms with Crippen LogP contribution in [0.2, 0.25) is 0 Å². The number of aryl methyl sites for hydroxylation is 2. The number of hydrogen-bond donors (Lipinski definition) is 0. The Morgan fingerprint density at radius 1 is 0.442 bits per heavy atom. The van der Waals surface area contributed by atoms with Crippen molar-refractivity contribution >= 4 is 0 Å². The predicted octanol–water partition coefficient (Wildman–Crippen LogP) is 8.47. The van der Waals surface area contributed by atoms with Crippen molar-refractivity contribution in [2.75, 3.05) is 0 Å². The molecule has 6 rings (SSSR count). The van der Waals surface area contributed by atoms with E-state index in [0.29, 0.717) is 0 Å². The summed E-state index contributed by atoms with van der Waals surface area (Å²) in [5.74, 6) is 0. The summed E-state index contributed by atoms with van der Waals surface area (Å²) < 4.78 is 0. The van der Waals surface area contributed by atoms with E-state index in [9.17, 15) is 0 Å². The summed E-state index contributed by atoms with van der Waals surface area (Å²) in [6.07, 6.45) is 15.7. The minimum absolute atomic E-state index is 0. The van der Waals surface area contributed by atoms with Gasteiger partial charge in [0.25, 0.3) is 0 Å². The molecule has 218 valence electrons. The largest absolute Gasteiger partial charge is 0.255 e. The van der Waals surface area contributed by atoms with Crippen LogP contribution in [0.1, 0.15) is 37.3 Å². The summed E-state index contributed by atoms with van der Waals surface area (Å²) in [5.41, 5.74) is 8.18. The molecule has 6 nitrogen and oxygen atoms in total. The molecule has 0 aliphatic rings. The molecule has 6 heterocycles. The molecule has 0 aromatic carbocycles. The number of hydrogen-bond acceptors (Lipinski definition) is 6. The molecule has 0 radical (unpaired) electrons. The summed E-state index contributed by atoms with van der Waals surface area (Å²) in [4.78, 5) is 25.5. The van der Waals surface area contributed by atoms with Gasteiger partial charge >= 0.3 is 0 Å². The minimum Gasteiger partial charge on any atom is -0.255 e. The maximum absolute atomic E-state index is 4.42. The van der Waals surface area contributed by atoms with Crippen molar-refractivity contribution in [3.8, 4) is 34.2 Å². The maximum Gasteiger partial charge on any atom is 0.0888 e. The molecule has 7 heteroatoms. The molecule has 0 saturated heterocycles. The summed E-state index contributed by atoms with van der Waals surface area (Å²) in [5, 5.41) is 0. The standard InChI is InChI=1S/C16H20N2.2C10H8N2.Ru/c1-3-4-5-6-14-8-10-18-16(12-14)15-11-13(2)7-9-17-15;2*1-3-7-11-9(5-1)10-6-2-4-8-12-10;/h7-12H,3-6H2,1-2H3;2*1-8H;. The first-order valence-corrected chi connectivity index (χ1v) is 14.3. The molecule has 0 atom stereocenters. The van der Waals surface area contributed by atoms with Gasteiger partial charge in [0.15, 0.2) is 0 Å². The summed E-state index contributed by atoms with van der Waals surface area (Å²) in [6, 6.07) is 31.5. The van der Waals surface area contributed by atoms with Crippen LogP contribution < -0.4 is 0 Å². The van der Waals surface area contributed by atoms with Crippen LogP contribution >= 0.6 is 0 Å². The predicted molar refractivity (Wildman–Crippen MR) is 170 cm³/mol. The normalized spacial score (nSPS) is 9.81. The van der Waals surface area contributed by atoms with Crippen molar-refractivity contribution in [2.24, 2.45) is 0 Å². The van der Waals surface area contributed by atoms with Gasteiger partial charge in [0.05, 0.1) is 34.2 Å². The monoisotopic (exact) mass is 654 g/mol. The molecule has 0 N–H and O–H groups in total. The van der Waals surface area contributed by atoms with E-state index in [0.717, 1.165) is 40.6 Å². The van der Waals surface area contributed by atoms with E-state index < -0.39 is 0 Å². The molecular formula is C36H36N6Ru. The Bertz CT molecular complexity index is 1430. The van der Waals surface area contributed by atoms with E-state index in [2.05, 4.69) is 62.0 Å². The van der Waals surface area contributed by atoms with Crippen molar-refractivity contribution in [3.05, 3.63) is 145 Å². The molecule has 6 aromatic rings. The van der Waals surface area contributed by atoms with E-state index in [-0.39, 0.29) is 19.5 Å². The Labute approximate surface area is 267 Å². The van der Waals surface area contributed by atoms with Gasteiger partial charge in [-0.2, -0.15) is 0 Å². The van der Waals surface area contributed by atoms with Gasteiger partial charge in [-0.3, -0.25) is 29.9 Å². The first-order chi connectivity index (χ1) is 20.7. The van der Waals surface area contributed by atoms with Crippen LogP contribution in [0.5, 0.6) is 0 Å². The number of pyridine rings is 6. The molecule has 0 amide bonds. The topological polar surface area (TPSA) is 77.3 Å². The third-order valence-electron chi connectivity index (χ3n) is 6.26. The molecule has 0 unspecified atom stereocenters. The van der Waals surface area contributed by atoms with Crippen LogP contribution in [0, 0.1) is 6.92 Å². The van der Waals surface area contributed by atoms with Gasteiger partial charge in [0.2, 0.25) is 0 Å². The van der Waals surface area contributed by atoms with Gasteiger partial charge < -0.3 is 0 Å². The van der Waals surface area contributed by atoms with Crippen molar-refractivity contribution in [3.63, 3.8) is 0 Å². The Morgan fingerprint density at radius 3 is 1.26 bits per heavy atom. The SMILES string of the molecule is CCCCCc1ccnc(-c2cc(C)ccn2)c1.[Ru].c1ccc(-c2ccccn2)nc1.c1ccc(-c2ccccn2)nc1. The van der Waals surface area contributed by atoms with Crippen LogP contribution in [0.3, 0.4) is 0 Å². The molecule has 43 heavy (non-hydrogen) atoms. The van der Waals surface area contributed by atoms with Crippen LogP contribution in [0.4, 0.5) is 0 Å². The fourth-order valence-electron chi connectivity index (χ4n) is 4.08. The van der Waals surface area contributed by atoms with Crippen molar-refractivity contribution in [2.45, 2.75) is 39.5 Å². The molecule has 0 bridgehead atoms. The van der Waals surface area contributed by atoms with Crippen molar-refractivity contribution in [1.29, 1.82) is 0 Å². The Hall–Kier alpha value is -4.48. The Kier molecular flexibility index (Phi) is 14.5. The second kappa shape index (κ2) is 18.9. The molecule has 0 saturated carbocycles. The Balaban J connectivity index is 0.000000180.